The maximum Gasteiger partial charge on any atom is 0.263 e. The molecule has 0 unspecified atom stereocenters. The molecule has 8 nitrogen and oxygen atoms in total. The first-order valence-electron chi connectivity index (χ1n) is 9.74. The summed E-state index contributed by atoms with van der Waals surface area (Å²) in [5.74, 6) is 1.08. The number of amides is 1. The molecule has 0 radical (unpaired) electrons. The second kappa shape index (κ2) is 8.81. The van der Waals surface area contributed by atoms with Crippen LogP contribution in [-0.2, 0) is 0 Å². The molecule has 1 N–H and O–H groups in total. The normalized spacial score (nSPS) is 10.6. The van der Waals surface area contributed by atoms with Crippen LogP contribution in [-0.4, -0.2) is 36.8 Å². The molecule has 4 rings (SSSR count). The van der Waals surface area contributed by atoms with Crippen LogP contribution in [0.2, 0.25) is 0 Å². The Morgan fingerprint density at radius 1 is 0.938 bits per heavy atom. The predicted molar refractivity (Wildman–Crippen MR) is 121 cm³/mol. The Kier molecular flexibility index (Phi) is 5.76. The number of rotatable bonds is 6. The van der Waals surface area contributed by atoms with Crippen LogP contribution in [0.15, 0.2) is 71.8 Å². The van der Waals surface area contributed by atoms with Gasteiger partial charge in [0.2, 0.25) is 5.88 Å². The number of carbonyl (C=O) groups excluding carboxylic acids is 1. The van der Waals surface area contributed by atoms with E-state index in [1.165, 1.54) is 31.2 Å². The zero-order valence-corrected chi connectivity index (χ0v) is 17.8. The Labute approximate surface area is 184 Å². The van der Waals surface area contributed by atoms with Crippen LogP contribution >= 0.6 is 0 Å². The number of benzene rings is 2. The second-order valence-electron chi connectivity index (χ2n) is 6.84. The molecule has 2 heterocycles. The Hall–Kier alpha value is -4.33. The summed E-state index contributed by atoms with van der Waals surface area (Å²) in [6.07, 6.45) is 3.02. The number of hydrogen-bond donors (Lipinski definition) is 1. The first-order chi connectivity index (χ1) is 15.5. The van der Waals surface area contributed by atoms with Crippen molar-refractivity contribution in [3.8, 4) is 23.1 Å². The molecule has 0 aliphatic carbocycles. The largest absolute Gasteiger partial charge is 0.497 e. The van der Waals surface area contributed by atoms with Crippen LogP contribution in [0.3, 0.4) is 0 Å². The monoisotopic (exact) mass is 431 g/mol. The molecule has 0 atom stereocenters. The van der Waals surface area contributed by atoms with Crippen molar-refractivity contribution >= 4 is 22.4 Å². The van der Waals surface area contributed by atoms with Gasteiger partial charge in [0.05, 0.1) is 44.5 Å². The molecule has 2 aromatic heterocycles. The number of carbonyl (C=O) groups is 1. The van der Waals surface area contributed by atoms with Gasteiger partial charge in [0.15, 0.2) is 0 Å². The average molecular weight is 431 g/mol. The van der Waals surface area contributed by atoms with Crippen molar-refractivity contribution in [2.45, 2.75) is 0 Å². The van der Waals surface area contributed by atoms with Crippen LogP contribution in [0.5, 0.6) is 17.4 Å². The lowest BCUT2D eigenvalue weighted by molar-refractivity contribution is 0.102. The zero-order valence-electron chi connectivity index (χ0n) is 17.8. The average Bonchev–Trinajstić information content (AvgIpc) is 2.84. The lowest BCUT2D eigenvalue weighted by Crippen LogP contribution is -2.23. The maximum atomic E-state index is 13.3. The molecule has 8 heteroatoms. The molecule has 32 heavy (non-hydrogen) atoms. The van der Waals surface area contributed by atoms with E-state index in [2.05, 4.69) is 10.3 Å². The molecule has 0 saturated heterocycles. The zero-order chi connectivity index (χ0) is 22.7. The molecule has 0 aliphatic rings. The number of methoxy groups -OCH3 is 3. The highest BCUT2D eigenvalue weighted by Gasteiger charge is 2.18. The van der Waals surface area contributed by atoms with E-state index >= 15 is 0 Å². The van der Waals surface area contributed by atoms with Crippen molar-refractivity contribution in [1.29, 1.82) is 0 Å². The maximum absolute atomic E-state index is 13.3. The van der Waals surface area contributed by atoms with E-state index in [1.54, 1.807) is 61.7 Å². The Morgan fingerprint density at radius 3 is 2.38 bits per heavy atom. The molecule has 0 spiro atoms. The van der Waals surface area contributed by atoms with Crippen molar-refractivity contribution in [3.63, 3.8) is 0 Å². The van der Waals surface area contributed by atoms with E-state index < -0.39 is 0 Å². The summed E-state index contributed by atoms with van der Waals surface area (Å²) in [6.45, 7) is 0. The van der Waals surface area contributed by atoms with Gasteiger partial charge in [-0.05, 0) is 24.3 Å². The molecule has 162 valence electrons. The van der Waals surface area contributed by atoms with E-state index in [9.17, 15) is 9.59 Å². The fourth-order valence-electron chi connectivity index (χ4n) is 3.41. The highest BCUT2D eigenvalue weighted by molar-refractivity contribution is 6.12. The van der Waals surface area contributed by atoms with E-state index in [4.69, 9.17) is 14.2 Å². The highest BCUT2D eigenvalue weighted by atomic mass is 16.5. The van der Waals surface area contributed by atoms with Crippen LogP contribution in [0.4, 0.5) is 5.69 Å². The van der Waals surface area contributed by atoms with Crippen LogP contribution in [0, 0.1) is 0 Å². The number of aromatic nitrogens is 2. The SMILES string of the molecule is COc1ccc(-n2cc(C(=O)Nc3ccc(OC)nc3)c3ccccc3c2=O)c(OC)c1. The van der Waals surface area contributed by atoms with E-state index in [-0.39, 0.29) is 11.5 Å². The summed E-state index contributed by atoms with van der Waals surface area (Å²) in [5.41, 5.74) is 1.05. The van der Waals surface area contributed by atoms with E-state index in [1.807, 2.05) is 0 Å². The molecule has 4 aromatic rings. The van der Waals surface area contributed by atoms with Gasteiger partial charge in [-0.25, -0.2) is 4.98 Å². The van der Waals surface area contributed by atoms with Crippen molar-refractivity contribution in [2.75, 3.05) is 26.6 Å². The molecule has 0 fully saturated rings. The molecule has 0 aliphatic heterocycles. The van der Waals surface area contributed by atoms with Gasteiger partial charge in [-0.1, -0.05) is 18.2 Å². The molecular weight excluding hydrogens is 410 g/mol. The second-order valence-corrected chi connectivity index (χ2v) is 6.84. The Bertz CT molecular complexity index is 1350. The smallest absolute Gasteiger partial charge is 0.263 e. The van der Waals surface area contributed by atoms with Gasteiger partial charge < -0.3 is 19.5 Å². The third-order valence-electron chi connectivity index (χ3n) is 5.02. The summed E-state index contributed by atoms with van der Waals surface area (Å²) in [7, 11) is 4.57. The minimum absolute atomic E-state index is 0.272. The Morgan fingerprint density at radius 2 is 1.72 bits per heavy atom. The van der Waals surface area contributed by atoms with Crippen LogP contribution < -0.4 is 25.1 Å². The van der Waals surface area contributed by atoms with E-state index in [0.717, 1.165) is 0 Å². The molecule has 1 amide bonds. The van der Waals surface area contributed by atoms with Crippen molar-refractivity contribution in [3.05, 3.63) is 82.9 Å². The summed E-state index contributed by atoms with van der Waals surface area (Å²) >= 11 is 0. The topological polar surface area (TPSA) is 91.7 Å². The fraction of sp³-hybridized carbons (Fsp3) is 0.125. The summed E-state index contributed by atoms with van der Waals surface area (Å²) in [4.78, 5) is 30.6. The quantitative estimate of drug-likeness (QED) is 0.501. The lowest BCUT2D eigenvalue weighted by atomic mass is 10.1. The minimum atomic E-state index is -0.380. The third kappa shape index (κ3) is 3.85. The number of hydrogen-bond acceptors (Lipinski definition) is 6. The van der Waals surface area contributed by atoms with Crippen molar-refractivity contribution in [2.24, 2.45) is 0 Å². The highest BCUT2D eigenvalue weighted by Crippen LogP contribution is 2.28. The van der Waals surface area contributed by atoms with Gasteiger partial charge in [0.25, 0.3) is 11.5 Å². The van der Waals surface area contributed by atoms with Crippen molar-refractivity contribution in [1.82, 2.24) is 9.55 Å². The van der Waals surface area contributed by atoms with Gasteiger partial charge in [0.1, 0.15) is 11.5 Å². The van der Waals surface area contributed by atoms with Crippen molar-refractivity contribution < 1.29 is 19.0 Å². The standard InChI is InChI=1S/C24H21N3O5/c1-30-16-9-10-20(21(12-16)31-2)27-14-19(17-6-4-5-7-18(17)24(27)29)23(28)26-15-8-11-22(32-3)25-13-15/h4-14H,1-3H3,(H,26,28). The van der Waals surface area contributed by atoms with Gasteiger partial charge >= 0.3 is 0 Å². The number of nitrogens with zero attached hydrogens (tertiary/aromatic N) is 2. The Balaban J connectivity index is 1.85. The molecule has 0 saturated carbocycles. The first kappa shape index (κ1) is 20.9. The first-order valence-corrected chi connectivity index (χ1v) is 9.74. The minimum Gasteiger partial charge on any atom is -0.497 e. The van der Waals surface area contributed by atoms with Crippen LogP contribution in [0.25, 0.3) is 16.5 Å². The predicted octanol–water partition coefficient (Wildman–Crippen LogP) is 3.66. The van der Waals surface area contributed by atoms with Gasteiger partial charge in [0, 0.05) is 29.1 Å². The van der Waals surface area contributed by atoms with E-state index in [0.29, 0.717) is 45.1 Å². The van der Waals surface area contributed by atoms with Crippen LogP contribution in [0.1, 0.15) is 10.4 Å². The van der Waals surface area contributed by atoms with Gasteiger partial charge in [-0.2, -0.15) is 0 Å². The summed E-state index contributed by atoms with van der Waals surface area (Å²) in [6, 6.07) is 15.4. The molecule has 0 bridgehead atoms. The summed E-state index contributed by atoms with van der Waals surface area (Å²) in [5, 5.41) is 3.77. The summed E-state index contributed by atoms with van der Waals surface area (Å²) < 4.78 is 17.2. The van der Waals surface area contributed by atoms with Gasteiger partial charge in [-0.15, -0.1) is 0 Å². The third-order valence-corrected chi connectivity index (χ3v) is 5.02. The van der Waals surface area contributed by atoms with Gasteiger partial charge in [-0.3, -0.25) is 14.2 Å². The molecular formula is C24H21N3O5. The number of ether oxygens (including phenoxy) is 3. The number of anilines is 1. The lowest BCUT2D eigenvalue weighted by Gasteiger charge is -2.15. The number of nitrogens with one attached hydrogen (secondary N) is 1. The molecule has 2 aromatic carbocycles. The number of pyridine rings is 2. The fourth-order valence-corrected chi connectivity index (χ4v) is 3.41. The number of fused-ring (bicyclic) bond motifs is 1.